The van der Waals surface area contributed by atoms with Crippen LogP contribution >= 0.6 is 0 Å². The van der Waals surface area contributed by atoms with Crippen LogP contribution in [0, 0.1) is 29.5 Å². The molecule has 0 spiro atoms. The Bertz CT molecular complexity index is 740. The molecule has 0 amide bonds. The molecular formula is C13H8FN5. The summed E-state index contributed by atoms with van der Waals surface area (Å²) in [4.78, 5) is 7.61. The number of benzene rings is 1. The van der Waals surface area contributed by atoms with Crippen LogP contribution in [-0.2, 0) is 0 Å². The summed E-state index contributed by atoms with van der Waals surface area (Å²) >= 11 is 0. The molecule has 0 saturated heterocycles. The predicted octanol–water partition coefficient (Wildman–Crippen LogP) is 1.30. The molecule has 92 valence electrons. The maximum absolute atomic E-state index is 13.6. The zero-order valence-electron chi connectivity index (χ0n) is 9.68. The lowest BCUT2D eigenvalue weighted by atomic mass is 10.0. The minimum atomic E-state index is -0.584. The number of anilines is 2. The normalized spacial score (nSPS) is 9.63. The molecule has 4 N–H and O–H groups in total. The van der Waals surface area contributed by atoms with Crippen LogP contribution in [-0.4, -0.2) is 9.97 Å². The van der Waals surface area contributed by atoms with E-state index in [4.69, 9.17) is 23.2 Å². The summed E-state index contributed by atoms with van der Waals surface area (Å²) in [6, 6.07) is 6.09. The maximum Gasteiger partial charge on any atom is 0.222 e. The number of halogens is 1. The van der Waals surface area contributed by atoms with Crippen molar-refractivity contribution in [3.05, 3.63) is 35.1 Å². The Morgan fingerprint density at radius 1 is 1.21 bits per heavy atom. The van der Waals surface area contributed by atoms with E-state index in [0.29, 0.717) is 0 Å². The minimum Gasteiger partial charge on any atom is -0.382 e. The van der Waals surface area contributed by atoms with E-state index in [0.717, 1.165) is 0 Å². The molecule has 0 fully saturated rings. The van der Waals surface area contributed by atoms with E-state index in [1.807, 2.05) is 6.07 Å². The second-order valence-corrected chi connectivity index (χ2v) is 3.61. The van der Waals surface area contributed by atoms with Gasteiger partial charge in [-0.15, -0.1) is 6.42 Å². The average Bonchev–Trinajstić information content (AvgIpc) is 2.37. The fourth-order valence-corrected chi connectivity index (χ4v) is 1.67. The predicted molar refractivity (Wildman–Crippen MR) is 68.9 cm³/mol. The van der Waals surface area contributed by atoms with Gasteiger partial charge in [-0.1, -0.05) is 18.1 Å². The van der Waals surface area contributed by atoms with Crippen molar-refractivity contribution in [2.75, 3.05) is 11.5 Å². The number of hydrogen-bond acceptors (Lipinski definition) is 5. The van der Waals surface area contributed by atoms with Gasteiger partial charge in [-0.25, -0.2) is 9.37 Å². The number of nitrogens with two attached hydrogens (primary N) is 2. The topological polar surface area (TPSA) is 102 Å². The van der Waals surface area contributed by atoms with Crippen molar-refractivity contribution in [3.8, 4) is 29.7 Å². The van der Waals surface area contributed by atoms with Gasteiger partial charge in [0.1, 0.15) is 23.3 Å². The van der Waals surface area contributed by atoms with Gasteiger partial charge in [0.25, 0.3) is 0 Å². The minimum absolute atomic E-state index is 0.00324. The van der Waals surface area contributed by atoms with Gasteiger partial charge in [0.15, 0.2) is 0 Å². The van der Waals surface area contributed by atoms with Crippen LogP contribution in [0.4, 0.5) is 16.2 Å². The van der Waals surface area contributed by atoms with Crippen molar-refractivity contribution in [1.82, 2.24) is 9.97 Å². The van der Waals surface area contributed by atoms with Gasteiger partial charge in [0, 0.05) is 5.56 Å². The van der Waals surface area contributed by atoms with Gasteiger partial charge in [-0.3, -0.25) is 0 Å². The van der Waals surface area contributed by atoms with Gasteiger partial charge in [0.2, 0.25) is 5.95 Å². The lowest BCUT2D eigenvalue weighted by Gasteiger charge is -2.09. The highest BCUT2D eigenvalue weighted by Gasteiger charge is 2.17. The number of nitrogen functional groups attached to an aromatic ring is 2. The first-order chi connectivity index (χ1) is 9.08. The number of rotatable bonds is 1. The monoisotopic (exact) mass is 253 g/mol. The third-order valence-electron chi connectivity index (χ3n) is 2.48. The SMILES string of the molecule is C#Cc1c(F)cccc1-c1nc(N)nc(N)c1C#N. The molecule has 1 heterocycles. The molecule has 0 saturated carbocycles. The Hall–Kier alpha value is -3.12. The van der Waals surface area contributed by atoms with Gasteiger partial charge in [-0.2, -0.15) is 10.2 Å². The molecule has 0 unspecified atom stereocenters. The highest BCUT2D eigenvalue weighted by Crippen LogP contribution is 2.29. The quantitative estimate of drug-likeness (QED) is 0.746. The zero-order chi connectivity index (χ0) is 14.0. The van der Waals surface area contributed by atoms with Crippen LogP contribution in [0.15, 0.2) is 18.2 Å². The van der Waals surface area contributed by atoms with Crippen molar-refractivity contribution in [2.45, 2.75) is 0 Å². The van der Waals surface area contributed by atoms with Crippen LogP contribution in [0.5, 0.6) is 0 Å². The van der Waals surface area contributed by atoms with E-state index in [1.54, 1.807) is 6.07 Å². The first-order valence-corrected chi connectivity index (χ1v) is 5.17. The fraction of sp³-hybridized carbons (Fsp3) is 0. The third kappa shape index (κ3) is 2.03. The van der Waals surface area contributed by atoms with E-state index in [9.17, 15) is 4.39 Å². The second-order valence-electron chi connectivity index (χ2n) is 3.61. The molecule has 1 aromatic carbocycles. The summed E-state index contributed by atoms with van der Waals surface area (Å²) in [7, 11) is 0. The number of hydrogen-bond donors (Lipinski definition) is 2. The third-order valence-corrected chi connectivity index (χ3v) is 2.48. The second kappa shape index (κ2) is 4.63. The van der Waals surface area contributed by atoms with Crippen molar-refractivity contribution >= 4 is 11.8 Å². The highest BCUT2D eigenvalue weighted by molar-refractivity contribution is 5.77. The molecule has 2 aromatic rings. The van der Waals surface area contributed by atoms with Crippen molar-refractivity contribution in [3.63, 3.8) is 0 Å². The molecule has 0 aliphatic carbocycles. The number of terminal acetylenes is 1. The molecule has 0 aliphatic rings. The van der Waals surface area contributed by atoms with Crippen molar-refractivity contribution in [1.29, 1.82) is 5.26 Å². The smallest absolute Gasteiger partial charge is 0.222 e. The molecule has 2 rings (SSSR count). The molecule has 0 aliphatic heterocycles. The summed E-state index contributed by atoms with van der Waals surface area (Å²) < 4.78 is 13.6. The molecule has 0 bridgehead atoms. The lowest BCUT2D eigenvalue weighted by Crippen LogP contribution is -2.06. The Balaban J connectivity index is 2.85. The summed E-state index contributed by atoms with van der Waals surface area (Å²) in [5.41, 5.74) is 11.5. The molecule has 0 atom stereocenters. The Labute approximate surface area is 108 Å². The lowest BCUT2D eigenvalue weighted by molar-refractivity contribution is 0.625. The molecule has 0 radical (unpaired) electrons. The molecule has 6 heteroatoms. The van der Waals surface area contributed by atoms with Gasteiger partial charge < -0.3 is 11.5 Å². The first-order valence-electron chi connectivity index (χ1n) is 5.17. The van der Waals surface area contributed by atoms with Crippen LogP contribution in [0.2, 0.25) is 0 Å². The van der Waals surface area contributed by atoms with Crippen LogP contribution in [0.3, 0.4) is 0 Å². The highest BCUT2D eigenvalue weighted by atomic mass is 19.1. The first kappa shape index (κ1) is 12.3. The number of aromatic nitrogens is 2. The van der Waals surface area contributed by atoms with Gasteiger partial charge in [-0.05, 0) is 6.07 Å². The summed E-state index contributed by atoms with van der Waals surface area (Å²) in [6.07, 6.45) is 5.28. The molecule has 1 aromatic heterocycles. The number of nitrogens with zero attached hydrogens (tertiary/aromatic N) is 3. The number of nitriles is 1. The fourth-order valence-electron chi connectivity index (χ4n) is 1.67. The largest absolute Gasteiger partial charge is 0.382 e. The van der Waals surface area contributed by atoms with E-state index in [-0.39, 0.29) is 34.2 Å². The van der Waals surface area contributed by atoms with E-state index >= 15 is 0 Å². The van der Waals surface area contributed by atoms with E-state index < -0.39 is 5.82 Å². The maximum atomic E-state index is 13.6. The van der Waals surface area contributed by atoms with Crippen molar-refractivity contribution in [2.24, 2.45) is 0 Å². The van der Waals surface area contributed by atoms with Crippen LogP contribution in [0.25, 0.3) is 11.3 Å². The zero-order valence-corrected chi connectivity index (χ0v) is 9.68. The Morgan fingerprint density at radius 2 is 1.95 bits per heavy atom. The summed E-state index contributed by atoms with van der Waals surface area (Å²) in [6.45, 7) is 0. The van der Waals surface area contributed by atoms with E-state index in [2.05, 4.69) is 15.9 Å². The van der Waals surface area contributed by atoms with Gasteiger partial charge >= 0.3 is 0 Å². The Morgan fingerprint density at radius 3 is 2.58 bits per heavy atom. The average molecular weight is 253 g/mol. The van der Waals surface area contributed by atoms with Crippen molar-refractivity contribution < 1.29 is 4.39 Å². The standard InChI is InChI=1S/C13H8FN5/c1-2-7-8(4-3-5-10(7)14)11-9(6-15)12(16)19-13(17)18-11/h1,3-5H,(H4,16,17,18,19). The van der Waals surface area contributed by atoms with E-state index in [1.165, 1.54) is 12.1 Å². The van der Waals surface area contributed by atoms with Crippen LogP contribution < -0.4 is 11.5 Å². The molecular weight excluding hydrogens is 245 g/mol. The molecule has 19 heavy (non-hydrogen) atoms. The van der Waals surface area contributed by atoms with Gasteiger partial charge in [0.05, 0.1) is 11.3 Å². The van der Waals surface area contributed by atoms with Crippen LogP contribution in [0.1, 0.15) is 11.1 Å². The summed E-state index contributed by atoms with van der Waals surface area (Å²) in [5.74, 6) is 1.46. The Kier molecular flexibility index (Phi) is 3.01. The summed E-state index contributed by atoms with van der Waals surface area (Å²) in [5, 5.41) is 9.09. The molecule has 5 nitrogen and oxygen atoms in total.